The smallest absolute Gasteiger partial charge is 0.254 e. The molecule has 2 aromatic carbocycles. The van der Waals surface area contributed by atoms with Gasteiger partial charge in [-0.05, 0) is 24.3 Å². The number of carbonyl (C=O) groups is 1. The third kappa shape index (κ3) is 3.22. The molecule has 0 fully saturated rings. The molecule has 0 saturated heterocycles. The number of carbonyl (C=O) groups excluding carboxylic acids is 1. The van der Waals surface area contributed by atoms with Crippen molar-refractivity contribution in [2.45, 2.75) is 22.8 Å². The van der Waals surface area contributed by atoms with Gasteiger partial charge in [0.1, 0.15) is 11.3 Å². The maximum atomic E-state index is 13.1. The van der Waals surface area contributed by atoms with Crippen molar-refractivity contribution in [3.05, 3.63) is 59.4 Å². The quantitative estimate of drug-likeness (QED) is 0.698. The lowest BCUT2D eigenvalue weighted by Crippen LogP contribution is -2.22. The summed E-state index contributed by atoms with van der Waals surface area (Å²) < 4.78 is 32.0. The van der Waals surface area contributed by atoms with Gasteiger partial charge in [-0.1, -0.05) is 18.2 Å². The van der Waals surface area contributed by atoms with Crippen LogP contribution >= 0.6 is 12.4 Å². The third-order valence-electron chi connectivity index (χ3n) is 4.62. The molecule has 0 atom stereocenters. The molecule has 0 spiro atoms. The molecule has 0 bridgehead atoms. The van der Waals surface area contributed by atoms with Crippen LogP contribution in [-0.4, -0.2) is 27.9 Å². The summed E-state index contributed by atoms with van der Waals surface area (Å²) >= 11 is 0. The molecular formula is C19H19ClN2O4S. The summed E-state index contributed by atoms with van der Waals surface area (Å²) in [5.41, 5.74) is 1.58. The number of hydrogen-bond donors (Lipinski definition) is 2. The highest BCUT2D eigenvalue weighted by Gasteiger charge is 2.26. The largest absolute Gasteiger partial charge is 0.460 e. The number of amides is 1. The number of hydrogen-bond acceptors (Lipinski definition) is 5. The average Bonchev–Trinajstić information content (AvgIpc) is 3.06. The van der Waals surface area contributed by atoms with Gasteiger partial charge in [0.05, 0.1) is 15.4 Å². The zero-order valence-corrected chi connectivity index (χ0v) is 16.2. The Balaban J connectivity index is 0.00000210. The number of rotatable bonds is 3. The highest BCUT2D eigenvalue weighted by atomic mass is 35.5. The highest BCUT2D eigenvalue weighted by Crippen LogP contribution is 2.34. The summed E-state index contributed by atoms with van der Waals surface area (Å²) in [4.78, 5) is 12.7. The van der Waals surface area contributed by atoms with E-state index in [1.165, 1.54) is 13.1 Å². The Kier molecular flexibility index (Phi) is 5.28. The number of sulfone groups is 1. The minimum atomic E-state index is -3.74. The van der Waals surface area contributed by atoms with E-state index >= 15 is 0 Å². The second-order valence-electron chi connectivity index (χ2n) is 6.17. The molecule has 3 aromatic rings. The minimum absolute atomic E-state index is 0. The van der Waals surface area contributed by atoms with Gasteiger partial charge in [0.2, 0.25) is 9.84 Å². The molecular weight excluding hydrogens is 388 g/mol. The van der Waals surface area contributed by atoms with E-state index in [-0.39, 0.29) is 33.7 Å². The summed E-state index contributed by atoms with van der Waals surface area (Å²) in [5.74, 6) is 0.428. The highest BCUT2D eigenvalue weighted by molar-refractivity contribution is 7.91. The Labute approximate surface area is 163 Å². The van der Waals surface area contributed by atoms with Gasteiger partial charge >= 0.3 is 0 Å². The first-order valence-electron chi connectivity index (χ1n) is 8.33. The SMILES string of the molecule is CNC(=O)c1cc(S(=O)(=O)c2ccccc2)cc2c3c(oc12)CCNC3.Cl. The molecule has 142 valence electrons. The Morgan fingerprint density at radius 1 is 1.15 bits per heavy atom. The lowest BCUT2D eigenvalue weighted by Gasteiger charge is -2.11. The van der Waals surface area contributed by atoms with Crippen LogP contribution in [0.1, 0.15) is 21.7 Å². The van der Waals surface area contributed by atoms with Crippen molar-refractivity contribution in [2.24, 2.45) is 0 Å². The van der Waals surface area contributed by atoms with Gasteiger partial charge in [0.25, 0.3) is 5.91 Å². The summed E-state index contributed by atoms with van der Waals surface area (Å²) in [6.45, 7) is 1.38. The van der Waals surface area contributed by atoms with Gasteiger partial charge in [-0.15, -0.1) is 12.4 Å². The molecule has 27 heavy (non-hydrogen) atoms. The van der Waals surface area contributed by atoms with Crippen LogP contribution in [0.5, 0.6) is 0 Å². The second kappa shape index (κ2) is 7.34. The van der Waals surface area contributed by atoms with Gasteiger partial charge in [-0.25, -0.2) is 8.42 Å². The summed E-state index contributed by atoms with van der Waals surface area (Å²) in [6, 6.07) is 11.2. The van der Waals surface area contributed by atoms with Crippen molar-refractivity contribution in [1.82, 2.24) is 10.6 Å². The monoisotopic (exact) mass is 406 g/mol. The van der Waals surface area contributed by atoms with Gasteiger partial charge in [-0.3, -0.25) is 4.79 Å². The Bertz CT molecular complexity index is 1110. The van der Waals surface area contributed by atoms with E-state index in [1.54, 1.807) is 36.4 Å². The molecule has 4 rings (SSSR count). The maximum absolute atomic E-state index is 13.1. The Hall–Kier alpha value is -2.35. The van der Waals surface area contributed by atoms with Gasteiger partial charge in [-0.2, -0.15) is 0 Å². The van der Waals surface area contributed by atoms with E-state index in [0.29, 0.717) is 23.9 Å². The standard InChI is InChI=1S/C19H18N2O4S.ClH/c1-20-19(22)15-10-13(26(23,24)12-5-3-2-4-6-12)9-14-16-11-21-8-7-17(16)25-18(14)15;/h2-6,9-10,21H,7-8,11H2,1H3,(H,20,22);1H. The molecule has 1 aromatic heterocycles. The normalized spacial score (nSPS) is 13.7. The molecule has 0 unspecified atom stereocenters. The van der Waals surface area contributed by atoms with E-state index in [9.17, 15) is 13.2 Å². The van der Waals surface area contributed by atoms with Crippen LogP contribution in [0.25, 0.3) is 11.0 Å². The molecule has 0 saturated carbocycles. The first-order valence-corrected chi connectivity index (χ1v) is 9.82. The van der Waals surface area contributed by atoms with E-state index in [4.69, 9.17) is 4.42 Å². The summed E-state index contributed by atoms with van der Waals surface area (Å²) in [5, 5.41) is 6.49. The molecule has 2 heterocycles. The predicted octanol–water partition coefficient (Wildman–Crippen LogP) is 2.69. The van der Waals surface area contributed by atoms with Crippen LogP contribution in [0.15, 0.2) is 56.7 Å². The van der Waals surface area contributed by atoms with Crippen LogP contribution in [0.2, 0.25) is 0 Å². The topological polar surface area (TPSA) is 88.4 Å². The van der Waals surface area contributed by atoms with Crippen LogP contribution in [0.4, 0.5) is 0 Å². The molecule has 6 nitrogen and oxygen atoms in total. The Morgan fingerprint density at radius 2 is 1.89 bits per heavy atom. The van der Waals surface area contributed by atoms with E-state index < -0.39 is 9.84 Å². The summed E-state index contributed by atoms with van der Waals surface area (Å²) in [6.07, 6.45) is 0.706. The first-order chi connectivity index (χ1) is 12.5. The van der Waals surface area contributed by atoms with Crippen molar-refractivity contribution < 1.29 is 17.6 Å². The molecule has 1 aliphatic heterocycles. The predicted molar refractivity (Wildman–Crippen MR) is 104 cm³/mol. The summed E-state index contributed by atoms with van der Waals surface area (Å²) in [7, 11) is -2.23. The molecule has 2 N–H and O–H groups in total. The number of benzene rings is 2. The molecule has 0 radical (unpaired) electrons. The van der Waals surface area contributed by atoms with Gasteiger partial charge in [0.15, 0.2) is 0 Å². The van der Waals surface area contributed by atoms with Crippen LogP contribution in [-0.2, 0) is 22.8 Å². The van der Waals surface area contributed by atoms with Gasteiger partial charge in [0, 0.05) is 37.5 Å². The fraction of sp³-hybridized carbons (Fsp3) is 0.211. The van der Waals surface area contributed by atoms with Crippen molar-refractivity contribution in [1.29, 1.82) is 0 Å². The van der Waals surface area contributed by atoms with E-state index in [1.807, 2.05) is 0 Å². The number of furan rings is 1. The molecule has 1 aliphatic rings. The number of halogens is 1. The zero-order valence-electron chi connectivity index (χ0n) is 14.6. The zero-order chi connectivity index (χ0) is 18.3. The molecule has 1 amide bonds. The maximum Gasteiger partial charge on any atom is 0.254 e. The average molecular weight is 407 g/mol. The Morgan fingerprint density at radius 3 is 2.59 bits per heavy atom. The van der Waals surface area contributed by atoms with E-state index in [0.717, 1.165) is 17.9 Å². The second-order valence-corrected chi connectivity index (χ2v) is 8.12. The van der Waals surface area contributed by atoms with Crippen LogP contribution in [0, 0.1) is 0 Å². The van der Waals surface area contributed by atoms with Crippen LogP contribution < -0.4 is 10.6 Å². The minimum Gasteiger partial charge on any atom is -0.460 e. The van der Waals surface area contributed by atoms with Crippen LogP contribution in [0.3, 0.4) is 0 Å². The first kappa shape index (κ1) is 19.4. The van der Waals surface area contributed by atoms with E-state index in [2.05, 4.69) is 10.6 Å². The van der Waals surface area contributed by atoms with Crippen molar-refractivity contribution in [2.75, 3.05) is 13.6 Å². The van der Waals surface area contributed by atoms with Gasteiger partial charge < -0.3 is 15.1 Å². The fourth-order valence-corrected chi connectivity index (χ4v) is 4.61. The van der Waals surface area contributed by atoms with Crippen molar-refractivity contribution in [3.8, 4) is 0 Å². The van der Waals surface area contributed by atoms with Crippen molar-refractivity contribution >= 4 is 39.1 Å². The fourth-order valence-electron chi connectivity index (χ4n) is 3.28. The number of fused-ring (bicyclic) bond motifs is 3. The molecule has 8 heteroatoms. The number of nitrogens with one attached hydrogen (secondary N) is 2. The lowest BCUT2D eigenvalue weighted by atomic mass is 10.0. The third-order valence-corrected chi connectivity index (χ3v) is 6.36. The lowest BCUT2D eigenvalue weighted by molar-refractivity contribution is 0.0963. The molecule has 0 aliphatic carbocycles. The van der Waals surface area contributed by atoms with Crippen molar-refractivity contribution in [3.63, 3.8) is 0 Å².